The van der Waals surface area contributed by atoms with Gasteiger partial charge >= 0.3 is 29.8 Å². The van der Waals surface area contributed by atoms with Crippen molar-refractivity contribution in [1.29, 1.82) is 0 Å². The summed E-state index contributed by atoms with van der Waals surface area (Å²) in [6.07, 6.45) is 10.9. The maximum atomic E-state index is 12.8. The molecule has 4 aromatic carbocycles. The van der Waals surface area contributed by atoms with Crippen molar-refractivity contribution in [3.05, 3.63) is 144 Å². The summed E-state index contributed by atoms with van der Waals surface area (Å²) < 4.78 is 83.4. The Labute approximate surface area is 689 Å². The van der Waals surface area contributed by atoms with Gasteiger partial charge < -0.3 is 73.0 Å². The van der Waals surface area contributed by atoms with E-state index in [9.17, 15) is 52.2 Å². The largest absolute Gasteiger partial charge is 0.497 e. The van der Waals surface area contributed by atoms with E-state index in [1.165, 1.54) is 23.3 Å². The molecule has 638 valence electrons. The van der Waals surface area contributed by atoms with E-state index >= 15 is 0 Å². The predicted octanol–water partition coefficient (Wildman–Crippen LogP) is 11.6. The molecule has 4 aromatic rings. The van der Waals surface area contributed by atoms with E-state index in [1.54, 1.807) is 33.1 Å². The minimum atomic E-state index is -3.98. The number of amides is 2. The molecule has 3 saturated carbocycles. The van der Waals surface area contributed by atoms with Gasteiger partial charge in [-0.2, -0.15) is 8.42 Å². The molecule has 0 bridgehead atoms. The Morgan fingerprint density at radius 3 is 1.69 bits per heavy atom. The first-order valence-electron chi connectivity index (χ1n) is 40.7. The van der Waals surface area contributed by atoms with Gasteiger partial charge in [0.1, 0.15) is 35.9 Å². The molecule has 116 heavy (non-hydrogen) atoms. The second-order valence-electron chi connectivity index (χ2n) is 36.6. The third-order valence-corrected chi connectivity index (χ3v) is 30.6. The Hall–Kier alpha value is -7.15. The molecule has 25 nitrogen and oxygen atoms in total. The zero-order valence-electron chi connectivity index (χ0n) is 69.8. The highest BCUT2D eigenvalue weighted by molar-refractivity contribution is 7.86. The number of carbonyl (C=O) groups excluding carboxylic acids is 7. The van der Waals surface area contributed by atoms with Crippen LogP contribution in [0, 0.1) is 53.3 Å². The van der Waals surface area contributed by atoms with Crippen LogP contribution in [0.15, 0.2) is 126 Å². The van der Waals surface area contributed by atoms with Gasteiger partial charge in [0.2, 0.25) is 22.9 Å². The number of carbonyl (C=O) groups is 7. The van der Waals surface area contributed by atoms with E-state index in [0.717, 1.165) is 81.5 Å². The van der Waals surface area contributed by atoms with E-state index in [4.69, 9.17) is 67.9 Å². The number of fused-ring (bicyclic) bond motifs is 5. The van der Waals surface area contributed by atoms with Crippen molar-refractivity contribution in [2.45, 2.75) is 267 Å². The quantitative estimate of drug-likeness (QED) is 0.0145. The molecule has 8 heterocycles. The Kier molecular flexibility index (Phi) is 28.9. The van der Waals surface area contributed by atoms with Crippen molar-refractivity contribution in [2.75, 3.05) is 39.4 Å². The molecule has 2 amide bonds. The summed E-state index contributed by atoms with van der Waals surface area (Å²) in [5.41, 5.74) is -0.199. The Morgan fingerprint density at radius 1 is 0.638 bits per heavy atom. The number of esters is 5. The van der Waals surface area contributed by atoms with E-state index in [0.29, 0.717) is 37.9 Å². The van der Waals surface area contributed by atoms with Crippen LogP contribution in [0.25, 0.3) is 0 Å². The van der Waals surface area contributed by atoms with E-state index in [1.807, 2.05) is 79.7 Å². The maximum absolute atomic E-state index is 12.8. The molecule has 16 rings (SSSR count). The molecule has 4 aliphatic carbocycles. The molecule has 0 aromatic heterocycles. The lowest BCUT2D eigenvalue weighted by molar-refractivity contribution is -0.239. The SMILES string of the molecule is CC(C)(C)COCc1ccccc1.CC(C)(C)[Si](C)(C)O[C@@H]1CC[C@H]2OC(=O)C21.COc1ccc(CC(C)(C)C)cc1.C[C@@]12OC(=O)C1([C@@H](O)Cc1ccccc1)NC(=O)C2CCCl.Cc1ccc(S(=O)(=O)OCCC2C(=O)NC3([C@@H](O)C4C=CCCC4)C(=O)O[C@@]23C)cc1.O=C1O[C@@H]2CC[C@@H](O)C12.O=C1O[C@H]2CC3(CC12)OCCO3. The molecule has 28 heteroatoms. The minimum absolute atomic E-state index is 0.0235. The van der Waals surface area contributed by atoms with Crippen molar-refractivity contribution in [3.63, 3.8) is 0 Å². The van der Waals surface area contributed by atoms with Crippen molar-refractivity contribution in [2.24, 2.45) is 46.3 Å². The third-order valence-electron chi connectivity index (χ3n) is 24.5. The van der Waals surface area contributed by atoms with Crippen LogP contribution in [0.4, 0.5) is 0 Å². The van der Waals surface area contributed by atoms with Crippen LogP contribution in [0.2, 0.25) is 18.1 Å². The van der Waals surface area contributed by atoms with Gasteiger partial charge in [0.15, 0.2) is 25.3 Å². The van der Waals surface area contributed by atoms with Gasteiger partial charge in [0.25, 0.3) is 10.1 Å². The molecule has 5 N–H and O–H groups in total. The van der Waals surface area contributed by atoms with Crippen LogP contribution in [-0.2, 0) is 110 Å². The molecule has 17 atom stereocenters. The van der Waals surface area contributed by atoms with Crippen LogP contribution in [0.5, 0.6) is 5.75 Å². The highest BCUT2D eigenvalue weighted by Gasteiger charge is 2.80. The molecule has 12 aliphatic rings. The molecule has 8 unspecified atom stereocenters. The first-order valence-corrected chi connectivity index (χ1v) is 45.5. The number of methoxy groups -OCH3 is 1. The number of rotatable bonds is 19. The number of ether oxygens (including phenoxy) is 9. The lowest BCUT2D eigenvalue weighted by Crippen LogP contribution is -2.80. The minimum Gasteiger partial charge on any atom is -0.497 e. The highest BCUT2D eigenvalue weighted by Crippen LogP contribution is 2.55. The number of alkyl halides is 1. The maximum Gasteiger partial charge on any atom is 0.339 e. The number of aliphatic hydroxyl groups excluding tert-OH is 3. The zero-order valence-corrected chi connectivity index (χ0v) is 72.4. The molecular formula is C88H121ClN2O23SSi. The summed E-state index contributed by atoms with van der Waals surface area (Å²) >= 11 is 5.75. The molecule has 1 spiro atoms. The fraction of sp³-hybridized carbons (Fsp3) is 0.625. The van der Waals surface area contributed by atoms with Crippen LogP contribution in [-0.4, -0.2) is 184 Å². The van der Waals surface area contributed by atoms with Gasteiger partial charge in [-0.15, -0.1) is 11.6 Å². The number of nitrogens with one attached hydrogen (secondary N) is 2. The van der Waals surface area contributed by atoms with Crippen molar-refractivity contribution in [1.82, 2.24) is 10.6 Å². The molecule has 8 saturated heterocycles. The fourth-order valence-corrected chi connectivity index (χ4v) is 19.5. The first-order chi connectivity index (χ1) is 54.5. The van der Waals surface area contributed by atoms with Crippen LogP contribution in [0.3, 0.4) is 0 Å². The number of aliphatic hydroxyl groups is 3. The number of aryl methyl sites for hydroxylation is 1. The Bertz CT molecular complexity index is 4220. The molecular weight excluding hydrogens is 1550 g/mol. The van der Waals surface area contributed by atoms with Crippen molar-refractivity contribution >= 4 is 71.7 Å². The number of hydrogen-bond acceptors (Lipinski definition) is 23. The summed E-state index contributed by atoms with van der Waals surface area (Å²) in [7, 11) is -4.03. The molecule has 0 radical (unpaired) electrons. The smallest absolute Gasteiger partial charge is 0.339 e. The molecule has 11 fully saturated rings. The van der Waals surface area contributed by atoms with E-state index in [-0.39, 0.29) is 113 Å². The first kappa shape index (κ1) is 91.2. The van der Waals surface area contributed by atoms with Gasteiger partial charge in [0.05, 0.1) is 87.2 Å². The number of benzene rings is 4. The van der Waals surface area contributed by atoms with Gasteiger partial charge in [-0.25, -0.2) is 9.59 Å². The van der Waals surface area contributed by atoms with Crippen molar-refractivity contribution in [3.8, 4) is 5.75 Å². The van der Waals surface area contributed by atoms with Crippen LogP contribution >= 0.6 is 11.6 Å². The van der Waals surface area contributed by atoms with Gasteiger partial charge in [0, 0.05) is 31.1 Å². The van der Waals surface area contributed by atoms with E-state index < -0.39 is 94.5 Å². The van der Waals surface area contributed by atoms with Crippen LogP contribution in [0.1, 0.15) is 169 Å². The fourth-order valence-electron chi connectivity index (χ4n) is 17.0. The summed E-state index contributed by atoms with van der Waals surface area (Å²) in [5.74, 6) is -3.32. The van der Waals surface area contributed by atoms with Crippen LogP contribution < -0.4 is 15.4 Å². The van der Waals surface area contributed by atoms with Gasteiger partial charge in [-0.3, -0.25) is 28.2 Å². The Balaban J connectivity index is 0.000000148. The standard InChI is InChI=1S/C22H27NO7S.C16H18ClNO4.C12H22O3Si.2C12H18O.C8H10O4.C6H8O3/c1-14-8-10-16(11-9-14)31(27,28)29-13-12-17-19(25)23-22(20(26)30-21(17,22)2)18(24)15-6-4-3-5-7-15;1-15-11(7-8-17)13(20)18-16(15,14(21)22-15)12(19)9-10-5-3-2-4-6-10;1-12(2,3)16(4,5)15-9-7-6-8-10(9)11(13)14-8;1-12(2,3)9-10-5-7-11(13-4)8-6-10;1-12(2,3)10-13-9-11-7-5-4-6-8-11;9-7-5-3-8(4-6(5)12-7)10-1-2-11-8;7-3-1-2-4-5(3)6(8)9-4/h4,6,8-11,15,17-18,24H,3,5,7,12-13H2,1-2H3,(H,23,25);2-6,11-12,19H,7-9H2,1H3,(H,18,20);8-10H,6-7H2,1-5H3;5-8H,9H2,1-4H3;4-8H,9-10H2,1-3H3;5-6H,1-4H2;3-5,7H,1-2H2/t15?,17?,18-,21-,22?;11?,12-,15-,16?;8-,9-,10?;;;5?,6-;3-,4-,5?/m001..01/s1. The summed E-state index contributed by atoms with van der Waals surface area (Å²) in [6.45, 7) is 32.2. The summed E-state index contributed by atoms with van der Waals surface area (Å²) in [6, 6.07) is 34.2. The summed E-state index contributed by atoms with van der Waals surface area (Å²) in [4.78, 5) is 82.5. The number of allylic oxidation sites excluding steroid dienone is 1. The summed E-state index contributed by atoms with van der Waals surface area (Å²) in [5, 5.41) is 36.4. The van der Waals surface area contributed by atoms with E-state index in [2.05, 4.69) is 110 Å². The second kappa shape index (κ2) is 36.8. The van der Waals surface area contributed by atoms with Crippen molar-refractivity contribution < 1.29 is 109 Å². The zero-order chi connectivity index (χ0) is 84.8. The van der Waals surface area contributed by atoms with Gasteiger partial charge in [-0.05, 0) is 155 Å². The Morgan fingerprint density at radius 2 is 1.19 bits per heavy atom. The normalized spacial score (nSPS) is 30.8. The number of halogens is 1. The third kappa shape index (κ3) is 20.1. The average Bonchev–Trinajstić information content (AvgIpc) is 1.50. The molecule has 8 aliphatic heterocycles. The lowest BCUT2D eigenvalue weighted by atomic mass is 9.64. The topological polar surface area (TPSA) is 340 Å². The van der Waals surface area contributed by atoms with Gasteiger partial charge in [-0.1, -0.05) is 165 Å². The monoisotopic (exact) mass is 1670 g/mol. The second-order valence-corrected chi connectivity index (χ2v) is 43.3. The highest BCUT2D eigenvalue weighted by atomic mass is 35.5. The average molecular weight is 1670 g/mol. The number of hydrogen-bond donors (Lipinski definition) is 5. The predicted molar refractivity (Wildman–Crippen MR) is 433 cm³/mol. The lowest BCUT2D eigenvalue weighted by Gasteiger charge is -2.54.